The van der Waals surface area contributed by atoms with Crippen LogP contribution in [0, 0.1) is 5.92 Å². The monoisotopic (exact) mass is 328 g/mol. The molecule has 0 radical (unpaired) electrons. The van der Waals surface area contributed by atoms with Crippen LogP contribution in [-0.4, -0.2) is 18.4 Å². The van der Waals surface area contributed by atoms with Crippen molar-refractivity contribution >= 4 is 35.0 Å². The second-order valence-electron chi connectivity index (χ2n) is 5.40. The summed E-state index contributed by atoms with van der Waals surface area (Å²) in [5.41, 5.74) is 0.324. The number of ether oxygens (including phenoxy) is 1. The van der Waals surface area contributed by atoms with Crippen LogP contribution in [0.15, 0.2) is 18.2 Å². The quantitative estimate of drug-likeness (QED) is 0.562. The molecule has 0 saturated heterocycles. The standard InChI is InChI=1S/C16H18Cl2O3/c17-12-6-7-13(14(18)9-12)15(19)10-21-16(20)8-5-11-3-1-2-4-11/h6-7,9,11H,1-5,8,10H2. The molecular weight excluding hydrogens is 311 g/mol. The normalized spacial score (nSPS) is 15.1. The molecule has 0 bridgehead atoms. The Morgan fingerprint density at radius 3 is 2.57 bits per heavy atom. The number of hydrogen-bond acceptors (Lipinski definition) is 3. The molecule has 0 atom stereocenters. The molecule has 0 aliphatic heterocycles. The first-order chi connectivity index (χ1) is 10.1. The van der Waals surface area contributed by atoms with Crippen molar-refractivity contribution in [3.8, 4) is 0 Å². The number of carbonyl (C=O) groups is 2. The van der Waals surface area contributed by atoms with Crippen LogP contribution in [0.4, 0.5) is 0 Å². The van der Waals surface area contributed by atoms with Crippen molar-refractivity contribution in [1.82, 2.24) is 0 Å². The molecule has 1 aromatic rings. The SMILES string of the molecule is O=C(CCC1CCCC1)OCC(=O)c1ccc(Cl)cc1Cl. The number of Topliss-reactive ketones (excluding diaryl/α,β-unsaturated/α-hetero) is 1. The first-order valence-electron chi connectivity index (χ1n) is 7.20. The van der Waals surface area contributed by atoms with Crippen LogP contribution in [0.2, 0.25) is 10.0 Å². The van der Waals surface area contributed by atoms with Crippen LogP contribution in [0.1, 0.15) is 48.9 Å². The van der Waals surface area contributed by atoms with Crippen molar-refractivity contribution in [2.45, 2.75) is 38.5 Å². The number of hydrogen-bond donors (Lipinski definition) is 0. The van der Waals surface area contributed by atoms with E-state index in [1.807, 2.05) is 0 Å². The minimum atomic E-state index is -0.319. The third kappa shape index (κ3) is 5.01. The Kier molecular flexibility index (Phi) is 6.07. The molecule has 114 valence electrons. The summed E-state index contributed by atoms with van der Waals surface area (Å²) in [5, 5.41) is 0.736. The molecular formula is C16H18Cl2O3. The van der Waals surface area contributed by atoms with Gasteiger partial charge in [-0.25, -0.2) is 0 Å². The second kappa shape index (κ2) is 7.81. The highest BCUT2D eigenvalue weighted by atomic mass is 35.5. The average Bonchev–Trinajstić information content (AvgIpc) is 2.95. The highest BCUT2D eigenvalue weighted by molar-refractivity contribution is 6.36. The van der Waals surface area contributed by atoms with E-state index in [1.54, 1.807) is 12.1 Å². The highest BCUT2D eigenvalue weighted by Crippen LogP contribution is 2.28. The van der Waals surface area contributed by atoms with Gasteiger partial charge in [-0.1, -0.05) is 48.9 Å². The Bertz CT molecular complexity index is 522. The van der Waals surface area contributed by atoms with E-state index in [0.717, 1.165) is 6.42 Å². The van der Waals surface area contributed by atoms with Gasteiger partial charge >= 0.3 is 5.97 Å². The van der Waals surface area contributed by atoms with Crippen LogP contribution in [0.25, 0.3) is 0 Å². The van der Waals surface area contributed by atoms with Gasteiger partial charge in [0.2, 0.25) is 5.78 Å². The van der Waals surface area contributed by atoms with E-state index < -0.39 is 0 Å². The molecule has 1 aliphatic carbocycles. The van der Waals surface area contributed by atoms with Gasteiger partial charge in [-0.3, -0.25) is 9.59 Å². The van der Waals surface area contributed by atoms with Crippen molar-refractivity contribution in [1.29, 1.82) is 0 Å². The summed E-state index contributed by atoms with van der Waals surface area (Å²) in [6.07, 6.45) is 6.15. The summed E-state index contributed by atoms with van der Waals surface area (Å²) in [7, 11) is 0. The molecule has 1 aromatic carbocycles. The molecule has 21 heavy (non-hydrogen) atoms. The third-order valence-corrected chi connectivity index (χ3v) is 4.38. The fourth-order valence-corrected chi connectivity index (χ4v) is 3.15. The summed E-state index contributed by atoms with van der Waals surface area (Å²) in [6, 6.07) is 4.63. The number of carbonyl (C=O) groups excluding carboxylic acids is 2. The molecule has 0 N–H and O–H groups in total. The summed E-state index contributed by atoms with van der Waals surface area (Å²) < 4.78 is 5.02. The van der Waals surface area contributed by atoms with E-state index >= 15 is 0 Å². The molecule has 0 unspecified atom stereocenters. The number of rotatable bonds is 6. The molecule has 5 heteroatoms. The summed E-state index contributed by atoms with van der Waals surface area (Å²) in [6.45, 7) is -0.273. The van der Waals surface area contributed by atoms with Gasteiger partial charge in [0.15, 0.2) is 6.61 Å². The van der Waals surface area contributed by atoms with E-state index in [1.165, 1.54) is 31.7 Å². The topological polar surface area (TPSA) is 43.4 Å². The zero-order valence-corrected chi connectivity index (χ0v) is 13.3. The summed E-state index contributed by atoms with van der Waals surface area (Å²) >= 11 is 11.7. The first-order valence-corrected chi connectivity index (χ1v) is 7.95. The Morgan fingerprint density at radius 1 is 1.19 bits per heavy atom. The second-order valence-corrected chi connectivity index (χ2v) is 6.24. The van der Waals surface area contributed by atoms with Crippen LogP contribution >= 0.6 is 23.2 Å². The highest BCUT2D eigenvalue weighted by Gasteiger charge is 2.18. The molecule has 1 fully saturated rings. The number of ketones is 1. The van der Waals surface area contributed by atoms with Crippen molar-refractivity contribution in [2.75, 3.05) is 6.61 Å². The van der Waals surface area contributed by atoms with Crippen molar-refractivity contribution < 1.29 is 14.3 Å². The number of halogens is 2. The van der Waals surface area contributed by atoms with Gasteiger partial charge in [-0.05, 0) is 30.5 Å². The predicted molar refractivity (Wildman–Crippen MR) is 82.9 cm³/mol. The van der Waals surface area contributed by atoms with Crippen molar-refractivity contribution in [2.24, 2.45) is 5.92 Å². The van der Waals surface area contributed by atoms with Gasteiger partial charge in [0.25, 0.3) is 0 Å². The maximum absolute atomic E-state index is 11.9. The molecule has 3 nitrogen and oxygen atoms in total. The number of esters is 1. The largest absolute Gasteiger partial charge is 0.457 e. The lowest BCUT2D eigenvalue weighted by atomic mass is 10.0. The zero-order valence-electron chi connectivity index (χ0n) is 11.7. The first kappa shape index (κ1) is 16.3. The number of benzene rings is 1. The Hall–Kier alpha value is -1.06. The van der Waals surface area contributed by atoms with Gasteiger partial charge < -0.3 is 4.74 Å². The Balaban J connectivity index is 1.76. The smallest absolute Gasteiger partial charge is 0.306 e. The fourth-order valence-electron chi connectivity index (χ4n) is 2.63. The van der Waals surface area contributed by atoms with E-state index in [9.17, 15) is 9.59 Å². The molecule has 0 amide bonds. The van der Waals surface area contributed by atoms with Crippen molar-refractivity contribution in [3.63, 3.8) is 0 Å². The summed E-state index contributed by atoms with van der Waals surface area (Å²) in [5.74, 6) is 0.00480. The molecule has 0 spiro atoms. The Labute approximate surface area is 134 Å². The molecule has 1 aliphatic rings. The van der Waals surface area contributed by atoms with Gasteiger partial charge in [0, 0.05) is 17.0 Å². The molecule has 2 rings (SSSR count). The fraction of sp³-hybridized carbons (Fsp3) is 0.500. The molecule has 1 saturated carbocycles. The van der Waals surface area contributed by atoms with E-state index in [2.05, 4.69) is 0 Å². The Morgan fingerprint density at radius 2 is 1.90 bits per heavy atom. The maximum atomic E-state index is 11.9. The van der Waals surface area contributed by atoms with Crippen LogP contribution in [0.5, 0.6) is 0 Å². The minimum absolute atomic E-state index is 0.273. The van der Waals surface area contributed by atoms with E-state index in [0.29, 0.717) is 22.9 Å². The van der Waals surface area contributed by atoms with E-state index in [4.69, 9.17) is 27.9 Å². The van der Waals surface area contributed by atoms with E-state index in [-0.39, 0.29) is 23.4 Å². The third-order valence-electron chi connectivity index (χ3n) is 3.83. The predicted octanol–water partition coefficient (Wildman–Crippen LogP) is 4.69. The van der Waals surface area contributed by atoms with Crippen LogP contribution < -0.4 is 0 Å². The van der Waals surface area contributed by atoms with Crippen LogP contribution in [-0.2, 0) is 9.53 Å². The van der Waals surface area contributed by atoms with Crippen LogP contribution in [0.3, 0.4) is 0 Å². The summed E-state index contributed by atoms with van der Waals surface area (Å²) in [4.78, 5) is 23.6. The lowest BCUT2D eigenvalue weighted by molar-refractivity contribution is -0.142. The lowest BCUT2D eigenvalue weighted by Crippen LogP contribution is -2.15. The van der Waals surface area contributed by atoms with Gasteiger partial charge in [0.1, 0.15) is 0 Å². The molecule has 0 heterocycles. The van der Waals surface area contributed by atoms with Gasteiger partial charge in [-0.15, -0.1) is 0 Å². The van der Waals surface area contributed by atoms with Crippen molar-refractivity contribution in [3.05, 3.63) is 33.8 Å². The maximum Gasteiger partial charge on any atom is 0.306 e. The van der Waals surface area contributed by atoms with Gasteiger partial charge in [0.05, 0.1) is 5.02 Å². The lowest BCUT2D eigenvalue weighted by Gasteiger charge is -2.09. The minimum Gasteiger partial charge on any atom is -0.457 e. The van der Waals surface area contributed by atoms with Gasteiger partial charge in [-0.2, -0.15) is 0 Å². The average molecular weight is 329 g/mol. The zero-order chi connectivity index (χ0) is 15.2. The molecule has 0 aromatic heterocycles.